The normalized spacial score (nSPS) is 11.0. The van der Waals surface area contributed by atoms with Crippen LogP contribution in [0.4, 0.5) is 5.82 Å². The molecule has 0 saturated heterocycles. The zero-order valence-electron chi connectivity index (χ0n) is 12.6. The van der Waals surface area contributed by atoms with Crippen molar-refractivity contribution < 1.29 is 0 Å². The number of benzene rings is 1. The average Bonchev–Trinajstić information content (AvgIpc) is 3.22. The van der Waals surface area contributed by atoms with Crippen LogP contribution in [-0.2, 0) is 13.6 Å². The molecule has 0 aliphatic rings. The van der Waals surface area contributed by atoms with Crippen molar-refractivity contribution in [2.75, 3.05) is 5.32 Å². The molecule has 4 aromatic rings. The molecule has 0 unspecified atom stereocenters. The molecule has 3 heterocycles. The van der Waals surface area contributed by atoms with Crippen LogP contribution < -0.4 is 5.32 Å². The van der Waals surface area contributed by atoms with E-state index in [1.54, 1.807) is 17.2 Å². The van der Waals surface area contributed by atoms with E-state index in [1.807, 2.05) is 54.5 Å². The van der Waals surface area contributed by atoms with Gasteiger partial charge in [0.25, 0.3) is 0 Å². The topological polar surface area (TPSA) is 73.5 Å². The van der Waals surface area contributed by atoms with Crippen LogP contribution in [0.2, 0.25) is 0 Å². The number of para-hydroxylation sites is 1. The smallest absolute Gasteiger partial charge is 0.163 e. The van der Waals surface area contributed by atoms with Crippen LogP contribution in [0.25, 0.3) is 16.7 Å². The first-order chi connectivity index (χ1) is 11.3. The highest BCUT2D eigenvalue weighted by atomic mass is 15.3. The van der Waals surface area contributed by atoms with E-state index in [9.17, 15) is 0 Å². The van der Waals surface area contributed by atoms with Gasteiger partial charge in [-0.3, -0.25) is 4.68 Å². The van der Waals surface area contributed by atoms with E-state index in [-0.39, 0.29) is 0 Å². The van der Waals surface area contributed by atoms with Crippen molar-refractivity contribution in [3.05, 3.63) is 60.8 Å². The standard InChI is InChI=1S/C16H15N7/c1-22-16-14(9-20-22)15(18-11-19-16)17-7-12-8-21-23(10-12)13-5-3-2-4-6-13/h2-6,8-11H,7H2,1H3,(H,17,18,19). The number of aromatic nitrogens is 6. The Bertz CT molecular complexity index is 939. The predicted octanol–water partition coefficient (Wildman–Crippen LogP) is 2.16. The SMILES string of the molecule is Cn1ncc2c(NCc3cnn(-c4ccccc4)c3)ncnc21. The number of hydrogen-bond acceptors (Lipinski definition) is 5. The van der Waals surface area contributed by atoms with E-state index >= 15 is 0 Å². The van der Waals surface area contributed by atoms with Crippen LogP contribution in [0.1, 0.15) is 5.56 Å². The average molecular weight is 305 g/mol. The maximum Gasteiger partial charge on any atom is 0.163 e. The van der Waals surface area contributed by atoms with E-state index < -0.39 is 0 Å². The second-order valence-corrected chi connectivity index (χ2v) is 5.21. The minimum atomic E-state index is 0.633. The Morgan fingerprint density at radius 2 is 1.91 bits per heavy atom. The molecular weight excluding hydrogens is 290 g/mol. The van der Waals surface area contributed by atoms with Crippen molar-refractivity contribution in [2.45, 2.75) is 6.54 Å². The van der Waals surface area contributed by atoms with Gasteiger partial charge in [0.1, 0.15) is 12.1 Å². The summed E-state index contributed by atoms with van der Waals surface area (Å²) in [7, 11) is 1.86. The van der Waals surface area contributed by atoms with Crippen molar-refractivity contribution in [1.29, 1.82) is 0 Å². The Morgan fingerprint density at radius 1 is 1.04 bits per heavy atom. The minimum absolute atomic E-state index is 0.633. The van der Waals surface area contributed by atoms with E-state index in [2.05, 4.69) is 25.5 Å². The summed E-state index contributed by atoms with van der Waals surface area (Å²) >= 11 is 0. The second-order valence-electron chi connectivity index (χ2n) is 5.21. The molecule has 4 rings (SSSR count). The highest BCUT2D eigenvalue weighted by Gasteiger charge is 2.08. The largest absolute Gasteiger partial charge is 0.365 e. The Hall–Kier alpha value is -3.22. The molecule has 23 heavy (non-hydrogen) atoms. The number of aryl methyl sites for hydroxylation is 1. The quantitative estimate of drug-likeness (QED) is 0.625. The third-order valence-electron chi connectivity index (χ3n) is 3.65. The summed E-state index contributed by atoms with van der Waals surface area (Å²) in [5, 5.41) is 12.8. The van der Waals surface area contributed by atoms with Gasteiger partial charge in [-0.1, -0.05) is 18.2 Å². The van der Waals surface area contributed by atoms with Gasteiger partial charge in [-0.15, -0.1) is 0 Å². The Balaban J connectivity index is 1.54. The van der Waals surface area contributed by atoms with Gasteiger partial charge in [-0.2, -0.15) is 10.2 Å². The number of anilines is 1. The zero-order chi connectivity index (χ0) is 15.6. The first kappa shape index (κ1) is 13.4. The van der Waals surface area contributed by atoms with Gasteiger partial charge in [0.15, 0.2) is 5.65 Å². The fourth-order valence-electron chi connectivity index (χ4n) is 2.46. The van der Waals surface area contributed by atoms with Gasteiger partial charge in [0, 0.05) is 25.4 Å². The monoisotopic (exact) mass is 305 g/mol. The number of nitrogens with zero attached hydrogens (tertiary/aromatic N) is 6. The molecule has 0 spiro atoms. The summed E-state index contributed by atoms with van der Waals surface area (Å²) in [6, 6.07) is 10.0. The lowest BCUT2D eigenvalue weighted by Gasteiger charge is -2.04. The summed E-state index contributed by atoms with van der Waals surface area (Å²) in [5.41, 5.74) is 2.92. The first-order valence-electron chi connectivity index (χ1n) is 7.27. The molecule has 0 bridgehead atoms. The molecule has 0 amide bonds. The second kappa shape index (κ2) is 5.53. The molecule has 3 aromatic heterocycles. The molecule has 7 heteroatoms. The lowest BCUT2D eigenvalue weighted by Crippen LogP contribution is -2.02. The Kier molecular flexibility index (Phi) is 3.23. The van der Waals surface area contributed by atoms with Crippen LogP contribution in [-0.4, -0.2) is 29.5 Å². The molecule has 0 radical (unpaired) electrons. The van der Waals surface area contributed by atoms with E-state index in [4.69, 9.17) is 0 Å². The first-order valence-corrected chi connectivity index (χ1v) is 7.27. The third kappa shape index (κ3) is 2.52. The summed E-state index contributed by atoms with van der Waals surface area (Å²) < 4.78 is 3.59. The fraction of sp³-hybridized carbons (Fsp3) is 0.125. The maximum atomic E-state index is 4.39. The fourth-order valence-corrected chi connectivity index (χ4v) is 2.46. The summed E-state index contributed by atoms with van der Waals surface area (Å²) in [6.07, 6.45) is 7.16. The van der Waals surface area contributed by atoms with Gasteiger partial charge in [-0.05, 0) is 12.1 Å². The summed E-state index contributed by atoms with van der Waals surface area (Å²) in [5.74, 6) is 0.774. The van der Waals surface area contributed by atoms with E-state index in [0.717, 1.165) is 28.1 Å². The minimum Gasteiger partial charge on any atom is -0.365 e. The number of fused-ring (bicyclic) bond motifs is 1. The van der Waals surface area contributed by atoms with Crippen molar-refractivity contribution in [2.24, 2.45) is 7.05 Å². The van der Waals surface area contributed by atoms with Crippen LogP contribution in [0.15, 0.2) is 55.2 Å². The lowest BCUT2D eigenvalue weighted by molar-refractivity contribution is 0.785. The number of nitrogens with one attached hydrogen (secondary N) is 1. The molecule has 0 aliphatic heterocycles. The third-order valence-corrected chi connectivity index (χ3v) is 3.65. The molecule has 0 saturated carbocycles. The molecule has 1 aromatic carbocycles. The van der Waals surface area contributed by atoms with Crippen molar-refractivity contribution in [1.82, 2.24) is 29.5 Å². The Morgan fingerprint density at radius 3 is 2.78 bits per heavy atom. The highest BCUT2D eigenvalue weighted by Crippen LogP contribution is 2.18. The van der Waals surface area contributed by atoms with E-state index in [0.29, 0.717) is 6.54 Å². The molecule has 114 valence electrons. The van der Waals surface area contributed by atoms with Crippen LogP contribution >= 0.6 is 0 Å². The van der Waals surface area contributed by atoms with Gasteiger partial charge in [-0.25, -0.2) is 14.6 Å². The van der Waals surface area contributed by atoms with Gasteiger partial charge in [0.05, 0.1) is 23.5 Å². The summed E-state index contributed by atoms with van der Waals surface area (Å²) in [6.45, 7) is 0.633. The van der Waals surface area contributed by atoms with Crippen molar-refractivity contribution in [3.63, 3.8) is 0 Å². The maximum absolute atomic E-state index is 4.39. The Labute approximate surface area is 132 Å². The van der Waals surface area contributed by atoms with Crippen molar-refractivity contribution in [3.8, 4) is 5.69 Å². The van der Waals surface area contributed by atoms with E-state index in [1.165, 1.54) is 0 Å². The predicted molar refractivity (Wildman–Crippen MR) is 87.2 cm³/mol. The molecular formula is C16H15N7. The van der Waals surface area contributed by atoms with Gasteiger partial charge in [0.2, 0.25) is 0 Å². The van der Waals surface area contributed by atoms with Crippen LogP contribution in [0, 0.1) is 0 Å². The van der Waals surface area contributed by atoms with Gasteiger partial charge < -0.3 is 5.32 Å². The summed E-state index contributed by atoms with van der Waals surface area (Å²) in [4.78, 5) is 8.53. The number of hydrogen-bond donors (Lipinski definition) is 1. The molecule has 7 nitrogen and oxygen atoms in total. The lowest BCUT2D eigenvalue weighted by atomic mass is 10.3. The molecule has 1 N–H and O–H groups in total. The molecule has 0 atom stereocenters. The van der Waals surface area contributed by atoms with Crippen molar-refractivity contribution >= 4 is 16.9 Å². The van der Waals surface area contributed by atoms with Gasteiger partial charge >= 0.3 is 0 Å². The highest BCUT2D eigenvalue weighted by molar-refractivity contribution is 5.85. The molecule has 0 fully saturated rings. The molecule has 0 aliphatic carbocycles. The van der Waals surface area contributed by atoms with Crippen LogP contribution in [0.3, 0.4) is 0 Å². The van der Waals surface area contributed by atoms with Crippen LogP contribution in [0.5, 0.6) is 0 Å². The number of rotatable bonds is 4. The zero-order valence-corrected chi connectivity index (χ0v) is 12.6.